The van der Waals surface area contributed by atoms with Crippen LogP contribution in [0, 0.1) is 0 Å². The first-order valence-corrected chi connectivity index (χ1v) is 7.17. The van der Waals surface area contributed by atoms with E-state index in [0.717, 1.165) is 30.8 Å². The van der Waals surface area contributed by atoms with E-state index in [1.165, 1.54) is 5.39 Å². The molecule has 0 radical (unpaired) electrons. The molecule has 1 aromatic heterocycles. The average molecular weight is 271 g/mol. The summed E-state index contributed by atoms with van der Waals surface area (Å²) < 4.78 is 5.79. The van der Waals surface area contributed by atoms with E-state index in [-0.39, 0.29) is 12.2 Å². The number of nitrogens with two attached hydrogens (primary N) is 1. The number of aromatic nitrogens is 1. The Bertz CT molecular complexity index is 587. The van der Waals surface area contributed by atoms with Crippen molar-refractivity contribution in [2.45, 2.75) is 25.7 Å². The Morgan fingerprint density at radius 2 is 2.10 bits per heavy atom. The van der Waals surface area contributed by atoms with Crippen LogP contribution in [0.4, 0.5) is 0 Å². The van der Waals surface area contributed by atoms with Gasteiger partial charge in [-0.3, -0.25) is 9.88 Å². The molecule has 1 fully saturated rings. The molecule has 2 unspecified atom stereocenters. The normalized spacial score (nSPS) is 24.1. The number of para-hydroxylation sites is 1. The van der Waals surface area contributed by atoms with Crippen molar-refractivity contribution < 1.29 is 4.74 Å². The predicted molar refractivity (Wildman–Crippen MR) is 80.4 cm³/mol. The van der Waals surface area contributed by atoms with Crippen molar-refractivity contribution >= 4 is 10.9 Å². The minimum atomic E-state index is 0.138. The quantitative estimate of drug-likeness (QED) is 0.924. The zero-order chi connectivity index (χ0) is 13.9. The Labute approximate surface area is 119 Å². The number of hydrogen-bond donors (Lipinski definition) is 1. The minimum absolute atomic E-state index is 0.138. The van der Waals surface area contributed by atoms with Crippen molar-refractivity contribution in [3.63, 3.8) is 0 Å². The van der Waals surface area contributed by atoms with Crippen molar-refractivity contribution in [1.29, 1.82) is 0 Å². The fourth-order valence-electron chi connectivity index (χ4n) is 2.83. The van der Waals surface area contributed by atoms with E-state index >= 15 is 0 Å². The maximum atomic E-state index is 5.79. The molecule has 2 atom stereocenters. The number of hydrogen-bond acceptors (Lipinski definition) is 4. The number of rotatable bonds is 3. The monoisotopic (exact) mass is 271 g/mol. The van der Waals surface area contributed by atoms with Crippen LogP contribution in [-0.4, -0.2) is 41.7 Å². The summed E-state index contributed by atoms with van der Waals surface area (Å²) in [6, 6.07) is 12.5. The summed E-state index contributed by atoms with van der Waals surface area (Å²) in [6.45, 7) is 5.35. The van der Waals surface area contributed by atoms with Gasteiger partial charge in [0.1, 0.15) is 0 Å². The second kappa shape index (κ2) is 5.87. The minimum Gasteiger partial charge on any atom is -0.371 e. The fourth-order valence-corrected chi connectivity index (χ4v) is 2.83. The van der Waals surface area contributed by atoms with Crippen LogP contribution in [0.25, 0.3) is 10.9 Å². The van der Waals surface area contributed by atoms with Crippen LogP contribution in [0.15, 0.2) is 36.4 Å². The van der Waals surface area contributed by atoms with Gasteiger partial charge in [-0.05, 0) is 19.1 Å². The van der Waals surface area contributed by atoms with Crippen LogP contribution < -0.4 is 5.73 Å². The number of nitrogens with zero attached hydrogens (tertiary/aromatic N) is 2. The highest BCUT2D eigenvalue weighted by Crippen LogP contribution is 2.16. The maximum absolute atomic E-state index is 5.79. The van der Waals surface area contributed by atoms with Crippen LogP contribution in [0.3, 0.4) is 0 Å². The number of morpholine rings is 1. The lowest BCUT2D eigenvalue weighted by atomic mass is 10.1. The molecule has 4 heteroatoms. The number of ether oxygens (including phenoxy) is 1. The lowest BCUT2D eigenvalue weighted by molar-refractivity contribution is -0.0747. The van der Waals surface area contributed by atoms with Crippen molar-refractivity contribution in [2.75, 3.05) is 19.6 Å². The van der Waals surface area contributed by atoms with E-state index in [1.54, 1.807) is 0 Å². The lowest BCUT2D eigenvalue weighted by Crippen LogP contribution is -2.48. The number of benzene rings is 1. The predicted octanol–water partition coefficient (Wildman–Crippen LogP) is 1.78. The van der Waals surface area contributed by atoms with Crippen LogP contribution in [0.5, 0.6) is 0 Å². The highest BCUT2D eigenvalue weighted by Gasteiger charge is 2.24. The lowest BCUT2D eigenvalue weighted by Gasteiger charge is -2.36. The highest BCUT2D eigenvalue weighted by atomic mass is 16.5. The van der Waals surface area contributed by atoms with Crippen LogP contribution in [-0.2, 0) is 11.3 Å². The van der Waals surface area contributed by atoms with Gasteiger partial charge in [0.15, 0.2) is 0 Å². The first-order chi connectivity index (χ1) is 9.74. The van der Waals surface area contributed by atoms with Gasteiger partial charge in [0.25, 0.3) is 0 Å². The molecule has 20 heavy (non-hydrogen) atoms. The van der Waals surface area contributed by atoms with E-state index in [2.05, 4.69) is 36.1 Å². The molecular formula is C16H21N3O. The molecule has 1 saturated heterocycles. The van der Waals surface area contributed by atoms with Gasteiger partial charge in [-0.25, -0.2) is 0 Å². The van der Waals surface area contributed by atoms with Crippen LogP contribution in [0.2, 0.25) is 0 Å². The van der Waals surface area contributed by atoms with E-state index in [0.29, 0.717) is 6.54 Å². The molecule has 4 nitrogen and oxygen atoms in total. The van der Waals surface area contributed by atoms with Crippen LogP contribution in [0.1, 0.15) is 12.6 Å². The topological polar surface area (TPSA) is 51.4 Å². The van der Waals surface area contributed by atoms with Gasteiger partial charge in [-0.2, -0.15) is 0 Å². The maximum Gasteiger partial charge on any atom is 0.0828 e. The van der Waals surface area contributed by atoms with Crippen molar-refractivity contribution in [1.82, 2.24) is 9.88 Å². The van der Waals surface area contributed by atoms with Gasteiger partial charge in [0.2, 0.25) is 0 Å². The van der Waals surface area contributed by atoms with E-state index in [9.17, 15) is 0 Å². The summed E-state index contributed by atoms with van der Waals surface area (Å²) in [5.74, 6) is 0. The average Bonchev–Trinajstić information content (AvgIpc) is 2.46. The Hall–Kier alpha value is -1.49. The van der Waals surface area contributed by atoms with Gasteiger partial charge in [-0.15, -0.1) is 0 Å². The Morgan fingerprint density at radius 3 is 2.95 bits per heavy atom. The Balaban J connectivity index is 1.75. The molecule has 0 aliphatic carbocycles. The van der Waals surface area contributed by atoms with Gasteiger partial charge < -0.3 is 10.5 Å². The fraction of sp³-hybridized carbons (Fsp3) is 0.438. The van der Waals surface area contributed by atoms with E-state index in [4.69, 9.17) is 15.5 Å². The van der Waals surface area contributed by atoms with Gasteiger partial charge in [-0.1, -0.05) is 24.3 Å². The van der Waals surface area contributed by atoms with E-state index < -0.39 is 0 Å². The van der Waals surface area contributed by atoms with Crippen LogP contribution >= 0.6 is 0 Å². The Morgan fingerprint density at radius 1 is 1.25 bits per heavy atom. The zero-order valence-corrected chi connectivity index (χ0v) is 11.8. The molecule has 2 N–H and O–H groups in total. The molecule has 2 aromatic rings. The summed E-state index contributed by atoms with van der Waals surface area (Å²) in [7, 11) is 0. The first-order valence-electron chi connectivity index (χ1n) is 7.17. The molecule has 0 bridgehead atoms. The van der Waals surface area contributed by atoms with Gasteiger partial charge in [0.05, 0.1) is 23.4 Å². The Kier molecular flexibility index (Phi) is 3.96. The summed E-state index contributed by atoms with van der Waals surface area (Å²) in [6.07, 6.45) is 0.372. The third kappa shape index (κ3) is 2.98. The van der Waals surface area contributed by atoms with Gasteiger partial charge >= 0.3 is 0 Å². The second-order valence-electron chi connectivity index (χ2n) is 5.49. The van der Waals surface area contributed by atoms with Crippen molar-refractivity contribution in [2.24, 2.45) is 5.73 Å². The molecule has 3 rings (SSSR count). The molecule has 1 aliphatic rings. The summed E-state index contributed by atoms with van der Waals surface area (Å²) in [4.78, 5) is 7.11. The molecular weight excluding hydrogens is 250 g/mol. The second-order valence-corrected chi connectivity index (χ2v) is 5.49. The SMILES string of the molecule is CC1CN(Cc2ccc3ccccc3n2)CC(CN)O1. The van der Waals surface area contributed by atoms with Crippen molar-refractivity contribution in [3.05, 3.63) is 42.1 Å². The van der Waals surface area contributed by atoms with E-state index in [1.807, 2.05) is 12.1 Å². The smallest absolute Gasteiger partial charge is 0.0828 e. The molecule has 1 aliphatic heterocycles. The third-order valence-corrected chi connectivity index (χ3v) is 3.71. The summed E-state index contributed by atoms with van der Waals surface area (Å²) >= 11 is 0. The van der Waals surface area contributed by atoms with Crippen molar-refractivity contribution in [3.8, 4) is 0 Å². The molecule has 0 amide bonds. The standard InChI is InChI=1S/C16H21N3O/c1-12-9-19(11-15(8-17)20-12)10-14-7-6-13-4-2-3-5-16(13)18-14/h2-7,12,15H,8-11,17H2,1H3. The number of fused-ring (bicyclic) bond motifs is 1. The third-order valence-electron chi connectivity index (χ3n) is 3.71. The molecule has 0 spiro atoms. The van der Waals surface area contributed by atoms with Gasteiger partial charge in [0, 0.05) is 31.6 Å². The zero-order valence-electron chi connectivity index (χ0n) is 11.8. The number of pyridine rings is 1. The first kappa shape index (κ1) is 13.5. The summed E-state index contributed by atoms with van der Waals surface area (Å²) in [5.41, 5.74) is 7.89. The largest absolute Gasteiger partial charge is 0.371 e. The molecule has 0 saturated carbocycles. The summed E-state index contributed by atoms with van der Waals surface area (Å²) in [5, 5.41) is 1.19. The molecule has 2 heterocycles. The molecule has 1 aromatic carbocycles. The highest BCUT2D eigenvalue weighted by molar-refractivity contribution is 5.78. The molecule has 106 valence electrons.